The van der Waals surface area contributed by atoms with Crippen LogP contribution in [0.15, 0.2) is 83.8 Å². The fourth-order valence-electron chi connectivity index (χ4n) is 3.07. The van der Waals surface area contributed by atoms with Gasteiger partial charge in [0.1, 0.15) is 5.75 Å². The van der Waals surface area contributed by atoms with E-state index in [-0.39, 0.29) is 17.4 Å². The summed E-state index contributed by atoms with van der Waals surface area (Å²) in [6.45, 7) is -0.0819. The van der Waals surface area contributed by atoms with Crippen molar-refractivity contribution in [2.45, 2.75) is 10.9 Å². The zero-order valence-corrected chi connectivity index (χ0v) is 15.6. The normalized spacial score (nSPS) is 13.5. The van der Waals surface area contributed by atoms with Crippen LogP contribution < -0.4 is 14.8 Å². The molecule has 0 bridgehead atoms. The molecule has 7 heteroatoms. The second-order valence-electron chi connectivity index (χ2n) is 6.37. The molecule has 4 rings (SSSR count). The summed E-state index contributed by atoms with van der Waals surface area (Å²) in [7, 11) is -3.86. The molecular weight excluding hydrogens is 376 g/mol. The van der Waals surface area contributed by atoms with Gasteiger partial charge in [-0.1, -0.05) is 60.7 Å². The topological polar surface area (TPSA) is 84.5 Å². The third kappa shape index (κ3) is 3.76. The Kier molecular flexibility index (Phi) is 4.85. The molecule has 0 saturated carbocycles. The molecule has 0 saturated heterocycles. The maximum absolute atomic E-state index is 13.1. The number of hydrogen-bond acceptors (Lipinski definition) is 4. The fraction of sp³-hybridized carbons (Fsp3) is 0.0952. The van der Waals surface area contributed by atoms with Gasteiger partial charge in [-0.2, -0.15) is 4.72 Å². The third-order valence-electron chi connectivity index (χ3n) is 4.43. The fourth-order valence-corrected chi connectivity index (χ4v) is 4.31. The van der Waals surface area contributed by atoms with Crippen molar-refractivity contribution in [1.82, 2.24) is 4.72 Å². The van der Waals surface area contributed by atoms with Crippen molar-refractivity contribution in [3.8, 4) is 5.75 Å². The van der Waals surface area contributed by atoms with Crippen molar-refractivity contribution in [1.29, 1.82) is 0 Å². The summed E-state index contributed by atoms with van der Waals surface area (Å²) in [6, 6.07) is 22.6. The van der Waals surface area contributed by atoms with Crippen LogP contribution in [0.3, 0.4) is 0 Å². The summed E-state index contributed by atoms with van der Waals surface area (Å²) in [5.74, 6) is 0.127. The molecule has 142 valence electrons. The van der Waals surface area contributed by atoms with E-state index in [4.69, 9.17) is 4.74 Å². The van der Waals surface area contributed by atoms with Gasteiger partial charge < -0.3 is 10.1 Å². The first-order valence-corrected chi connectivity index (χ1v) is 10.2. The van der Waals surface area contributed by atoms with Crippen LogP contribution in [0.1, 0.15) is 17.2 Å². The largest absolute Gasteiger partial charge is 0.482 e. The van der Waals surface area contributed by atoms with Gasteiger partial charge in [-0.3, -0.25) is 4.79 Å². The van der Waals surface area contributed by atoms with E-state index in [1.54, 1.807) is 6.07 Å². The van der Waals surface area contributed by atoms with Crippen molar-refractivity contribution in [2.24, 2.45) is 0 Å². The highest BCUT2D eigenvalue weighted by atomic mass is 32.2. The van der Waals surface area contributed by atoms with Crippen LogP contribution in [0.25, 0.3) is 0 Å². The van der Waals surface area contributed by atoms with E-state index < -0.39 is 16.1 Å². The van der Waals surface area contributed by atoms with Crippen LogP contribution >= 0.6 is 0 Å². The smallest absolute Gasteiger partial charge is 0.262 e. The van der Waals surface area contributed by atoms with Gasteiger partial charge in [0, 0.05) is 0 Å². The molecule has 1 heterocycles. The maximum Gasteiger partial charge on any atom is 0.262 e. The van der Waals surface area contributed by atoms with Crippen LogP contribution in [-0.4, -0.2) is 20.9 Å². The Morgan fingerprint density at radius 3 is 2.11 bits per heavy atom. The SMILES string of the molecule is O=C1COc2ccc(S(=O)(=O)NC(c3ccccc3)c3ccccc3)cc2N1. The van der Waals surface area contributed by atoms with E-state index in [9.17, 15) is 13.2 Å². The summed E-state index contributed by atoms with van der Waals surface area (Å²) < 4.78 is 34.3. The first kappa shape index (κ1) is 18.2. The number of sulfonamides is 1. The molecule has 0 spiro atoms. The van der Waals surface area contributed by atoms with Gasteiger partial charge >= 0.3 is 0 Å². The number of nitrogens with one attached hydrogen (secondary N) is 2. The van der Waals surface area contributed by atoms with Gasteiger partial charge in [0.25, 0.3) is 5.91 Å². The molecule has 0 fully saturated rings. The Morgan fingerprint density at radius 2 is 1.50 bits per heavy atom. The molecule has 1 aliphatic heterocycles. The van der Waals surface area contributed by atoms with Gasteiger partial charge in [-0.15, -0.1) is 0 Å². The summed E-state index contributed by atoms with van der Waals surface area (Å²) in [5, 5.41) is 2.63. The van der Waals surface area contributed by atoms with Crippen LogP contribution in [0.4, 0.5) is 5.69 Å². The monoisotopic (exact) mass is 394 g/mol. The van der Waals surface area contributed by atoms with E-state index in [1.165, 1.54) is 12.1 Å². The van der Waals surface area contributed by atoms with Crippen molar-refractivity contribution in [3.63, 3.8) is 0 Å². The Morgan fingerprint density at radius 1 is 0.893 bits per heavy atom. The van der Waals surface area contributed by atoms with Crippen molar-refractivity contribution >= 4 is 21.6 Å². The molecule has 0 aromatic heterocycles. The highest BCUT2D eigenvalue weighted by Gasteiger charge is 2.25. The van der Waals surface area contributed by atoms with Crippen LogP contribution in [0.2, 0.25) is 0 Å². The zero-order valence-electron chi connectivity index (χ0n) is 14.8. The van der Waals surface area contributed by atoms with E-state index in [2.05, 4.69) is 10.0 Å². The molecule has 0 unspecified atom stereocenters. The van der Waals surface area contributed by atoms with E-state index >= 15 is 0 Å². The van der Waals surface area contributed by atoms with E-state index in [0.29, 0.717) is 11.4 Å². The molecule has 28 heavy (non-hydrogen) atoms. The molecule has 0 atom stereocenters. The minimum Gasteiger partial charge on any atom is -0.482 e. The average Bonchev–Trinajstić information content (AvgIpc) is 2.73. The third-order valence-corrected chi connectivity index (χ3v) is 5.85. The summed E-state index contributed by atoms with van der Waals surface area (Å²) in [4.78, 5) is 11.6. The Bertz CT molecular complexity index is 1060. The Balaban J connectivity index is 1.70. The number of carbonyl (C=O) groups is 1. The lowest BCUT2D eigenvalue weighted by Crippen LogP contribution is -2.30. The summed E-state index contributed by atoms with van der Waals surface area (Å²) in [6.07, 6.45) is 0. The number of rotatable bonds is 5. The second-order valence-corrected chi connectivity index (χ2v) is 8.08. The molecule has 2 N–H and O–H groups in total. The van der Waals surface area contributed by atoms with Crippen LogP contribution in [0, 0.1) is 0 Å². The summed E-state index contributed by atoms with van der Waals surface area (Å²) in [5.41, 5.74) is 1.99. The number of carbonyl (C=O) groups excluding carboxylic acids is 1. The number of hydrogen-bond donors (Lipinski definition) is 2. The molecule has 3 aromatic carbocycles. The maximum atomic E-state index is 13.1. The van der Waals surface area contributed by atoms with E-state index in [1.807, 2.05) is 60.7 Å². The number of anilines is 1. The lowest BCUT2D eigenvalue weighted by atomic mass is 10.00. The first-order chi connectivity index (χ1) is 13.5. The van der Waals surface area contributed by atoms with Gasteiger partial charge in [-0.25, -0.2) is 8.42 Å². The minimum atomic E-state index is -3.86. The first-order valence-electron chi connectivity index (χ1n) is 8.72. The van der Waals surface area contributed by atoms with Gasteiger partial charge in [0.05, 0.1) is 16.6 Å². The van der Waals surface area contributed by atoms with Crippen molar-refractivity contribution in [3.05, 3.63) is 90.0 Å². The Hall–Kier alpha value is -3.16. The molecule has 0 aliphatic carbocycles. The molecule has 1 aliphatic rings. The zero-order chi connectivity index (χ0) is 19.6. The number of amides is 1. The summed E-state index contributed by atoms with van der Waals surface area (Å²) >= 11 is 0. The molecular formula is C21H18N2O4S. The minimum absolute atomic E-state index is 0.0499. The average molecular weight is 394 g/mol. The van der Waals surface area contributed by atoms with Gasteiger partial charge in [0.2, 0.25) is 10.0 Å². The predicted octanol–water partition coefficient (Wildman–Crippen LogP) is 3.09. The second kappa shape index (κ2) is 7.46. The predicted molar refractivity (Wildman–Crippen MR) is 106 cm³/mol. The quantitative estimate of drug-likeness (QED) is 0.697. The number of fused-ring (bicyclic) bond motifs is 1. The molecule has 0 radical (unpaired) electrons. The highest BCUT2D eigenvalue weighted by Crippen LogP contribution is 2.31. The lowest BCUT2D eigenvalue weighted by Gasteiger charge is -2.21. The molecule has 1 amide bonds. The van der Waals surface area contributed by atoms with Gasteiger partial charge in [0.15, 0.2) is 6.61 Å². The van der Waals surface area contributed by atoms with Crippen LogP contribution in [0.5, 0.6) is 5.75 Å². The number of benzene rings is 3. The van der Waals surface area contributed by atoms with E-state index in [0.717, 1.165) is 11.1 Å². The van der Waals surface area contributed by atoms with Crippen molar-refractivity contribution in [2.75, 3.05) is 11.9 Å². The highest BCUT2D eigenvalue weighted by molar-refractivity contribution is 7.89. The standard InChI is InChI=1S/C21H18N2O4S/c24-20-14-27-19-12-11-17(13-18(19)22-20)28(25,26)23-21(15-7-3-1-4-8-15)16-9-5-2-6-10-16/h1-13,21,23H,14H2,(H,22,24). The Labute approximate surface area is 163 Å². The molecule has 3 aromatic rings. The van der Waals surface area contributed by atoms with Crippen molar-refractivity contribution < 1.29 is 17.9 Å². The van der Waals surface area contributed by atoms with Gasteiger partial charge in [-0.05, 0) is 29.3 Å². The molecule has 6 nitrogen and oxygen atoms in total. The number of ether oxygens (including phenoxy) is 1. The lowest BCUT2D eigenvalue weighted by molar-refractivity contribution is -0.118. The van der Waals surface area contributed by atoms with Crippen LogP contribution in [-0.2, 0) is 14.8 Å².